The summed E-state index contributed by atoms with van der Waals surface area (Å²) in [5.41, 5.74) is 21.9. The highest BCUT2D eigenvalue weighted by Gasteiger charge is 2.13. The molecule has 0 saturated heterocycles. The Kier molecular flexibility index (Phi) is 14.4. The fourth-order valence-electron chi connectivity index (χ4n) is 3.25. The third-order valence-corrected chi connectivity index (χ3v) is 5.19. The molecule has 0 bridgehead atoms. The number of hydrogen-bond acceptors (Lipinski definition) is 20. The fraction of sp³-hybridized carbons (Fsp3) is 0.667. The first-order valence-corrected chi connectivity index (χ1v) is 13.8. The number of nitrogens with zero attached hydrogens (tertiary/aromatic N) is 12. The summed E-state index contributed by atoms with van der Waals surface area (Å²) in [5.74, 6) is 4.73. The Morgan fingerprint density at radius 1 is 0.364 bits per heavy atom. The Labute approximate surface area is 260 Å². The molecule has 4 heterocycles. The average Bonchev–Trinajstić information content (AvgIpc) is 2.87. The van der Waals surface area contributed by atoms with Crippen LogP contribution in [0.15, 0.2) is 39.9 Å². The van der Waals surface area contributed by atoms with Crippen LogP contribution in [0.1, 0.15) is 27.7 Å². The molecule has 0 aromatic carbocycles. The normalized spacial score (nSPS) is 23.4. The van der Waals surface area contributed by atoms with Gasteiger partial charge >= 0.3 is 0 Å². The lowest BCUT2D eigenvalue weighted by Crippen LogP contribution is -2.47. The highest BCUT2D eigenvalue weighted by Crippen LogP contribution is 1.99. The van der Waals surface area contributed by atoms with Gasteiger partial charge in [0.25, 0.3) is 0 Å². The molecule has 20 heteroatoms. The molecule has 248 valence electrons. The molecule has 0 aromatic rings. The quantitative estimate of drug-likeness (QED) is 0.132. The molecule has 20 nitrogen and oxygen atoms in total. The molecule has 44 heavy (non-hydrogen) atoms. The van der Waals surface area contributed by atoms with Crippen LogP contribution in [-0.2, 0) is 0 Å². The van der Waals surface area contributed by atoms with Crippen molar-refractivity contribution in [3.05, 3.63) is 0 Å². The van der Waals surface area contributed by atoms with Gasteiger partial charge in [0.15, 0.2) is 23.8 Å². The molecule has 0 radical (unpaired) electrons. The summed E-state index contributed by atoms with van der Waals surface area (Å²) in [4.78, 5) is 40.2. The molecular weight excluding hydrogens is 568 g/mol. The van der Waals surface area contributed by atoms with Crippen molar-refractivity contribution in [2.45, 2.75) is 52.4 Å². The van der Waals surface area contributed by atoms with Gasteiger partial charge in [-0.2, -0.15) is 0 Å². The minimum absolute atomic E-state index is 0.0753. The van der Waals surface area contributed by atoms with Gasteiger partial charge in [0.05, 0.1) is 0 Å². The van der Waals surface area contributed by atoms with Crippen LogP contribution < -0.4 is 44.2 Å². The molecule has 0 aliphatic carbocycles. The first kappa shape index (κ1) is 37.0. The zero-order valence-corrected chi connectivity index (χ0v) is 28.0. The van der Waals surface area contributed by atoms with E-state index in [1.807, 2.05) is 104 Å². The van der Waals surface area contributed by atoms with E-state index in [1.54, 1.807) is 0 Å². The van der Waals surface area contributed by atoms with Gasteiger partial charge in [0.1, 0.15) is 24.7 Å². The maximum absolute atomic E-state index is 5.48. The fourth-order valence-corrected chi connectivity index (χ4v) is 3.25. The summed E-state index contributed by atoms with van der Waals surface area (Å²) in [5, 5.41) is 11.4. The Bertz CT molecular complexity index is 1000. The van der Waals surface area contributed by atoms with E-state index in [9.17, 15) is 0 Å². The van der Waals surface area contributed by atoms with Crippen LogP contribution in [0.3, 0.4) is 0 Å². The highest BCUT2D eigenvalue weighted by molar-refractivity contribution is 6.00. The van der Waals surface area contributed by atoms with Crippen molar-refractivity contribution < 1.29 is 0 Å². The standard InChI is InChI=1S/4C6H13N5/c4*1-4-8-5(7)10-6(9-4)11(2)3/h4*4H,1-3H3,(H3,7,8,9,10). The molecule has 4 atom stereocenters. The van der Waals surface area contributed by atoms with Gasteiger partial charge in [0.2, 0.25) is 23.8 Å². The van der Waals surface area contributed by atoms with E-state index >= 15 is 0 Å². The van der Waals surface area contributed by atoms with E-state index < -0.39 is 0 Å². The van der Waals surface area contributed by atoms with Crippen LogP contribution in [0.2, 0.25) is 0 Å². The molecule has 0 aromatic heterocycles. The SMILES string of the molecule is CC1N=C(N)NC(N(C)C)=N1.CC1N=C(N)NC(N(C)C)=N1.CC1N=C(N)NC(N(C)C)=N1.CC1N=C(N)NC(N(C)C)=N1. The first-order valence-electron chi connectivity index (χ1n) is 13.8. The van der Waals surface area contributed by atoms with E-state index in [2.05, 4.69) is 61.2 Å². The summed E-state index contributed by atoms with van der Waals surface area (Å²) in [7, 11) is 15.2. The van der Waals surface area contributed by atoms with E-state index in [0.29, 0.717) is 23.8 Å². The molecule has 4 aliphatic heterocycles. The molecule has 0 amide bonds. The van der Waals surface area contributed by atoms with Crippen LogP contribution >= 0.6 is 0 Å². The van der Waals surface area contributed by atoms with Gasteiger partial charge in [-0.3, -0.25) is 21.3 Å². The van der Waals surface area contributed by atoms with Gasteiger partial charge in [-0.05, 0) is 27.7 Å². The number of nitrogens with one attached hydrogen (secondary N) is 4. The number of guanidine groups is 8. The summed E-state index contributed by atoms with van der Waals surface area (Å²) in [6.07, 6.45) is -0.301. The second kappa shape index (κ2) is 17.2. The van der Waals surface area contributed by atoms with Crippen molar-refractivity contribution in [2.75, 3.05) is 56.4 Å². The first-order chi connectivity index (χ1) is 20.4. The minimum Gasteiger partial charge on any atom is -0.370 e. The van der Waals surface area contributed by atoms with Crippen LogP contribution in [0, 0.1) is 0 Å². The molecule has 4 rings (SSSR count). The van der Waals surface area contributed by atoms with Crippen molar-refractivity contribution in [1.82, 2.24) is 40.9 Å². The van der Waals surface area contributed by atoms with Crippen molar-refractivity contribution in [2.24, 2.45) is 62.9 Å². The smallest absolute Gasteiger partial charge is 0.202 e. The molecule has 0 fully saturated rings. The Morgan fingerprint density at radius 3 is 0.636 bits per heavy atom. The van der Waals surface area contributed by atoms with Gasteiger partial charge in [-0.25, -0.2) is 39.9 Å². The highest BCUT2D eigenvalue weighted by atomic mass is 15.4. The summed E-state index contributed by atoms with van der Waals surface area (Å²) >= 11 is 0. The van der Waals surface area contributed by atoms with Gasteiger partial charge < -0.3 is 42.5 Å². The second-order valence-electron chi connectivity index (χ2n) is 10.5. The number of rotatable bonds is 0. The Balaban J connectivity index is 0.000000293. The molecule has 0 saturated carbocycles. The molecule has 0 spiro atoms. The summed E-state index contributed by atoms with van der Waals surface area (Å²) < 4.78 is 0. The Hall–Kier alpha value is -5.04. The average molecular weight is 621 g/mol. The van der Waals surface area contributed by atoms with Gasteiger partial charge in [0, 0.05) is 56.4 Å². The lowest BCUT2D eigenvalue weighted by atomic mass is 10.5. The van der Waals surface area contributed by atoms with Gasteiger partial charge in [-0.15, -0.1) is 0 Å². The minimum atomic E-state index is -0.0753. The van der Waals surface area contributed by atoms with Crippen LogP contribution in [-0.4, -0.2) is 148 Å². The van der Waals surface area contributed by atoms with Crippen molar-refractivity contribution >= 4 is 47.7 Å². The van der Waals surface area contributed by atoms with Crippen LogP contribution in [0.25, 0.3) is 0 Å². The monoisotopic (exact) mass is 620 g/mol. The second-order valence-corrected chi connectivity index (χ2v) is 10.5. The van der Waals surface area contributed by atoms with Crippen LogP contribution in [0.5, 0.6) is 0 Å². The lowest BCUT2D eigenvalue weighted by molar-refractivity contribution is 0.581. The number of nitrogens with two attached hydrogens (primary N) is 4. The maximum atomic E-state index is 5.48. The molecule has 4 unspecified atom stereocenters. The summed E-state index contributed by atoms with van der Waals surface area (Å²) in [6.45, 7) is 7.54. The molecular formula is C24H52N20. The van der Waals surface area contributed by atoms with Gasteiger partial charge in [-0.1, -0.05) is 0 Å². The van der Waals surface area contributed by atoms with E-state index in [-0.39, 0.29) is 24.7 Å². The predicted octanol–water partition coefficient (Wildman–Crippen LogP) is -3.33. The number of aliphatic imine (C=N–C) groups is 8. The topological polar surface area (TPSA) is 264 Å². The lowest BCUT2D eigenvalue weighted by Gasteiger charge is -2.21. The van der Waals surface area contributed by atoms with Crippen LogP contribution in [0.4, 0.5) is 0 Å². The zero-order valence-electron chi connectivity index (χ0n) is 28.0. The van der Waals surface area contributed by atoms with E-state index in [4.69, 9.17) is 22.9 Å². The van der Waals surface area contributed by atoms with E-state index in [0.717, 1.165) is 23.8 Å². The zero-order chi connectivity index (χ0) is 33.7. The van der Waals surface area contributed by atoms with Crippen molar-refractivity contribution in [1.29, 1.82) is 0 Å². The third-order valence-electron chi connectivity index (χ3n) is 5.19. The largest absolute Gasteiger partial charge is 0.370 e. The molecule has 4 aliphatic rings. The third kappa shape index (κ3) is 13.7. The predicted molar refractivity (Wildman–Crippen MR) is 181 cm³/mol. The number of hydrogen-bond donors (Lipinski definition) is 8. The van der Waals surface area contributed by atoms with E-state index in [1.165, 1.54) is 0 Å². The van der Waals surface area contributed by atoms with Crippen molar-refractivity contribution in [3.63, 3.8) is 0 Å². The summed E-state index contributed by atoms with van der Waals surface area (Å²) in [6, 6.07) is 0. The molecule has 12 N–H and O–H groups in total. The Morgan fingerprint density at radius 2 is 0.523 bits per heavy atom. The van der Waals surface area contributed by atoms with Crippen molar-refractivity contribution in [3.8, 4) is 0 Å². The maximum Gasteiger partial charge on any atom is 0.202 e.